The first kappa shape index (κ1) is 12.3. The zero-order chi connectivity index (χ0) is 11.4. The van der Waals surface area contributed by atoms with Crippen LogP contribution in [0.25, 0.3) is 0 Å². The molecule has 1 amide bonds. The second-order valence-electron chi connectivity index (χ2n) is 3.11. The van der Waals surface area contributed by atoms with Gasteiger partial charge in [-0.15, -0.1) is 0 Å². The molecule has 3 N–H and O–H groups in total. The summed E-state index contributed by atoms with van der Waals surface area (Å²) in [5.41, 5.74) is 5.60. The van der Waals surface area contributed by atoms with Gasteiger partial charge in [-0.3, -0.25) is 0 Å². The van der Waals surface area contributed by atoms with Gasteiger partial charge in [0.25, 0.3) is 0 Å². The number of aliphatic hydroxyl groups is 1. The van der Waals surface area contributed by atoms with Gasteiger partial charge in [-0.1, -0.05) is 18.2 Å². The first-order chi connectivity index (χ1) is 7.02. The Labute approximate surface area is 102 Å². The van der Waals surface area contributed by atoms with Crippen LogP contribution >= 0.6 is 22.6 Å². The first-order valence-corrected chi connectivity index (χ1v) is 5.49. The van der Waals surface area contributed by atoms with E-state index in [1.54, 1.807) is 13.0 Å². The van der Waals surface area contributed by atoms with E-state index in [0.29, 0.717) is 0 Å². The molecular weight excluding hydrogens is 309 g/mol. The smallest absolute Gasteiger partial charge is 0.404 e. The third-order valence-corrected chi connectivity index (χ3v) is 2.95. The van der Waals surface area contributed by atoms with Gasteiger partial charge in [-0.2, -0.15) is 0 Å². The number of nitrogens with two attached hydrogens (primary N) is 1. The lowest BCUT2D eigenvalue weighted by atomic mass is 10.1. The van der Waals surface area contributed by atoms with Gasteiger partial charge in [-0.05, 0) is 41.1 Å². The fourth-order valence-electron chi connectivity index (χ4n) is 1.22. The molecule has 0 radical (unpaired) electrons. The van der Waals surface area contributed by atoms with Gasteiger partial charge in [0.1, 0.15) is 12.2 Å². The Morgan fingerprint density at radius 2 is 2.13 bits per heavy atom. The van der Waals surface area contributed by atoms with Gasteiger partial charge >= 0.3 is 6.09 Å². The van der Waals surface area contributed by atoms with Crippen LogP contribution in [-0.4, -0.2) is 17.3 Å². The Kier molecular flexibility index (Phi) is 4.34. The maximum Gasteiger partial charge on any atom is 0.404 e. The molecule has 5 heteroatoms. The Bertz CT molecular complexity index is 356. The number of hydrogen-bond acceptors (Lipinski definition) is 3. The molecule has 0 aliphatic heterocycles. The normalized spacial score (nSPS) is 14.3. The summed E-state index contributed by atoms with van der Waals surface area (Å²) in [5, 5.41) is 9.88. The fraction of sp³-hybridized carbons (Fsp3) is 0.300. The van der Waals surface area contributed by atoms with Crippen molar-refractivity contribution in [2.24, 2.45) is 5.73 Å². The van der Waals surface area contributed by atoms with Crippen LogP contribution in [-0.2, 0) is 4.74 Å². The standard InChI is InChI=1S/C10H12INO3/c1-6(15-10(12)14)9(13)7-4-2-3-5-8(7)11/h2-6,9,13H,1H3,(H2,12,14). The van der Waals surface area contributed by atoms with Gasteiger partial charge < -0.3 is 15.6 Å². The van der Waals surface area contributed by atoms with Crippen LogP contribution in [0.3, 0.4) is 0 Å². The van der Waals surface area contributed by atoms with Crippen LogP contribution < -0.4 is 5.73 Å². The maximum atomic E-state index is 10.5. The number of carbonyl (C=O) groups excluding carboxylic acids is 1. The Hall–Kier alpha value is -0.820. The van der Waals surface area contributed by atoms with E-state index < -0.39 is 18.3 Å². The highest BCUT2D eigenvalue weighted by atomic mass is 127. The molecule has 0 fully saturated rings. The Balaban J connectivity index is 2.80. The summed E-state index contributed by atoms with van der Waals surface area (Å²) in [7, 11) is 0. The molecule has 0 saturated carbocycles. The van der Waals surface area contributed by atoms with Gasteiger partial charge in [0, 0.05) is 3.57 Å². The molecule has 0 spiro atoms. The minimum absolute atomic E-state index is 0.654. The maximum absolute atomic E-state index is 10.5. The molecular formula is C10H12INO3. The van der Waals surface area contributed by atoms with Crippen LogP contribution in [0.5, 0.6) is 0 Å². The average Bonchev–Trinajstić information content (AvgIpc) is 2.16. The molecule has 15 heavy (non-hydrogen) atoms. The van der Waals surface area contributed by atoms with E-state index in [1.165, 1.54) is 0 Å². The Morgan fingerprint density at radius 1 is 1.53 bits per heavy atom. The van der Waals surface area contributed by atoms with Crippen molar-refractivity contribution in [1.82, 2.24) is 0 Å². The summed E-state index contributed by atoms with van der Waals surface area (Å²) >= 11 is 2.11. The van der Waals surface area contributed by atoms with Gasteiger partial charge in [-0.25, -0.2) is 4.79 Å². The molecule has 82 valence electrons. The van der Waals surface area contributed by atoms with Crippen LogP contribution in [0, 0.1) is 3.57 Å². The van der Waals surface area contributed by atoms with Crippen LogP contribution in [0.4, 0.5) is 4.79 Å². The van der Waals surface area contributed by atoms with Crippen molar-refractivity contribution in [3.63, 3.8) is 0 Å². The number of ether oxygens (including phenoxy) is 1. The lowest BCUT2D eigenvalue weighted by molar-refractivity contribution is 0.0154. The highest BCUT2D eigenvalue weighted by Crippen LogP contribution is 2.23. The molecule has 0 aliphatic rings. The van der Waals surface area contributed by atoms with Crippen LogP contribution in [0.1, 0.15) is 18.6 Å². The van der Waals surface area contributed by atoms with Crippen molar-refractivity contribution in [2.45, 2.75) is 19.1 Å². The highest BCUT2D eigenvalue weighted by molar-refractivity contribution is 14.1. The second kappa shape index (κ2) is 5.32. The summed E-state index contributed by atoms with van der Waals surface area (Å²) in [6.45, 7) is 1.60. The number of hydrogen-bond donors (Lipinski definition) is 2. The molecule has 0 saturated heterocycles. The molecule has 4 nitrogen and oxygen atoms in total. The van der Waals surface area contributed by atoms with Crippen LogP contribution in [0.15, 0.2) is 24.3 Å². The minimum Gasteiger partial charge on any atom is -0.444 e. The summed E-state index contributed by atoms with van der Waals surface area (Å²) < 4.78 is 5.63. The summed E-state index contributed by atoms with van der Waals surface area (Å²) in [5.74, 6) is 0. The molecule has 2 unspecified atom stereocenters. The first-order valence-electron chi connectivity index (χ1n) is 4.41. The lowest BCUT2D eigenvalue weighted by Crippen LogP contribution is -2.26. The zero-order valence-electron chi connectivity index (χ0n) is 8.18. The second-order valence-corrected chi connectivity index (χ2v) is 4.27. The third kappa shape index (κ3) is 3.35. The topological polar surface area (TPSA) is 72.5 Å². The molecule has 0 aromatic heterocycles. The van der Waals surface area contributed by atoms with Crippen molar-refractivity contribution in [1.29, 1.82) is 0 Å². The molecule has 0 heterocycles. The van der Waals surface area contributed by atoms with Gasteiger partial charge in [0.15, 0.2) is 0 Å². The van der Waals surface area contributed by atoms with E-state index in [2.05, 4.69) is 22.6 Å². The number of benzene rings is 1. The molecule has 0 bridgehead atoms. The fourth-order valence-corrected chi connectivity index (χ4v) is 1.92. The van der Waals surface area contributed by atoms with Crippen molar-refractivity contribution < 1.29 is 14.6 Å². The predicted molar refractivity (Wildman–Crippen MR) is 64.2 cm³/mol. The third-order valence-electron chi connectivity index (χ3n) is 1.97. The van der Waals surface area contributed by atoms with Crippen molar-refractivity contribution >= 4 is 28.7 Å². The minimum atomic E-state index is -0.882. The summed E-state index contributed by atoms with van der Waals surface area (Å²) in [6, 6.07) is 7.35. The lowest BCUT2D eigenvalue weighted by Gasteiger charge is -2.19. The average molecular weight is 321 g/mol. The monoisotopic (exact) mass is 321 g/mol. The zero-order valence-corrected chi connectivity index (χ0v) is 10.3. The van der Waals surface area contributed by atoms with Crippen molar-refractivity contribution in [2.75, 3.05) is 0 Å². The largest absolute Gasteiger partial charge is 0.444 e. The molecule has 0 aliphatic carbocycles. The van der Waals surface area contributed by atoms with Crippen molar-refractivity contribution in [3.8, 4) is 0 Å². The number of rotatable bonds is 3. The van der Waals surface area contributed by atoms with E-state index in [-0.39, 0.29) is 0 Å². The number of carbonyl (C=O) groups is 1. The van der Waals surface area contributed by atoms with Gasteiger partial charge in [0.05, 0.1) is 0 Å². The van der Waals surface area contributed by atoms with Crippen LogP contribution in [0.2, 0.25) is 0 Å². The molecule has 1 rings (SSSR count). The van der Waals surface area contributed by atoms with Gasteiger partial charge in [0.2, 0.25) is 0 Å². The highest BCUT2D eigenvalue weighted by Gasteiger charge is 2.20. The van der Waals surface area contributed by atoms with E-state index in [4.69, 9.17) is 10.5 Å². The van der Waals surface area contributed by atoms with Crippen molar-refractivity contribution in [3.05, 3.63) is 33.4 Å². The Morgan fingerprint density at radius 3 is 2.67 bits per heavy atom. The molecule has 1 aromatic rings. The van der Waals surface area contributed by atoms with E-state index >= 15 is 0 Å². The summed E-state index contributed by atoms with van der Waals surface area (Å²) in [4.78, 5) is 10.5. The number of halogens is 1. The van der Waals surface area contributed by atoms with E-state index in [9.17, 15) is 9.90 Å². The van der Waals surface area contributed by atoms with E-state index in [0.717, 1.165) is 9.13 Å². The number of amides is 1. The summed E-state index contributed by atoms with van der Waals surface area (Å²) in [6.07, 6.45) is -2.39. The number of aliphatic hydroxyl groups excluding tert-OH is 1. The van der Waals surface area contributed by atoms with E-state index in [1.807, 2.05) is 18.2 Å². The predicted octanol–water partition coefficient (Wildman–Crippen LogP) is 1.81. The quantitative estimate of drug-likeness (QED) is 0.834. The SMILES string of the molecule is CC(OC(N)=O)C(O)c1ccccc1I. The molecule has 1 aromatic carbocycles. The molecule has 2 atom stereocenters. The number of primary amides is 1.